The Morgan fingerprint density at radius 2 is 1.69 bits per heavy atom. The lowest BCUT2D eigenvalue weighted by molar-refractivity contribution is 0.276. The minimum Gasteiger partial charge on any atom is -0.352 e. The Morgan fingerprint density at radius 1 is 1.03 bits per heavy atom. The molecule has 0 saturated carbocycles. The molecule has 0 aliphatic carbocycles. The Labute approximate surface area is 196 Å². The van der Waals surface area contributed by atoms with E-state index in [1.807, 2.05) is 7.05 Å². The molecule has 2 aromatic rings. The monoisotopic (exact) mass is 527 g/mol. The lowest BCUT2D eigenvalue weighted by Gasteiger charge is -2.22. The Kier molecular flexibility index (Phi) is 10.4. The molecule has 1 aliphatic rings. The summed E-state index contributed by atoms with van der Waals surface area (Å²) in [5.41, 5.74) is 3.88. The maximum atomic E-state index is 4.59. The third kappa shape index (κ3) is 7.53. The van der Waals surface area contributed by atoms with Crippen LogP contribution in [0.2, 0.25) is 0 Å². The number of halogens is 1. The summed E-state index contributed by atoms with van der Waals surface area (Å²) < 4.78 is 0. The van der Waals surface area contributed by atoms with Gasteiger partial charge in [0.15, 0.2) is 5.96 Å². The van der Waals surface area contributed by atoms with Gasteiger partial charge in [-0.15, -0.1) is 35.3 Å². The van der Waals surface area contributed by atoms with Gasteiger partial charge in [0.2, 0.25) is 0 Å². The van der Waals surface area contributed by atoms with Gasteiger partial charge in [-0.2, -0.15) is 0 Å². The second-order valence-corrected chi connectivity index (χ2v) is 8.78. The molecular weight excluding hydrogens is 493 g/mol. The van der Waals surface area contributed by atoms with Gasteiger partial charge in [0, 0.05) is 25.0 Å². The Hall–Kier alpha value is -1.19. The number of aromatic nitrogens is 1. The summed E-state index contributed by atoms with van der Waals surface area (Å²) in [4.78, 5) is 12.8. The van der Waals surface area contributed by atoms with Gasteiger partial charge in [-0.1, -0.05) is 37.1 Å². The number of hydrogen-bond donors (Lipinski definition) is 2. The van der Waals surface area contributed by atoms with Gasteiger partial charge in [0.25, 0.3) is 0 Å². The highest BCUT2D eigenvalue weighted by molar-refractivity contribution is 14.0. The zero-order valence-corrected chi connectivity index (χ0v) is 21.0. The van der Waals surface area contributed by atoms with Crippen molar-refractivity contribution in [1.82, 2.24) is 20.5 Å². The molecule has 160 valence electrons. The Morgan fingerprint density at radius 3 is 2.31 bits per heavy atom. The quantitative estimate of drug-likeness (QED) is 0.327. The lowest BCUT2D eigenvalue weighted by Crippen LogP contribution is -2.36. The second-order valence-electron chi connectivity index (χ2n) is 7.49. The first-order valence-corrected chi connectivity index (χ1v) is 11.1. The zero-order chi connectivity index (χ0) is 19.8. The number of hydrogen-bond acceptors (Lipinski definition) is 4. The largest absolute Gasteiger partial charge is 0.352 e. The smallest absolute Gasteiger partial charge is 0.191 e. The van der Waals surface area contributed by atoms with Crippen molar-refractivity contribution in [3.05, 3.63) is 51.0 Å². The summed E-state index contributed by atoms with van der Waals surface area (Å²) in [7, 11) is 1.82. The predicted molar refractivity (Wildman–Crippen MR) is 134 cm³/mol. The molecule has 2 N–H and O–H groups in total. The van der Waals surface area contributed by atoms with Crippen LogP contribution in [0.4, 0.5) is 0 Å². The van der Waals surface area contributed by atoms with Crippen LogP contribution in [0, 0.1) is 13.8 Å². The molecule has 0 amide bonds. The van der Waals surface area contributed by atoms with Gasteiger partial charge in [0.05, 0.1) is 12.2 Å². The van der Waals surface area contributed by atoms with E-state index in [-0.39, 0.29) is 24.0 Å². The number of likely N-dealkylation sites (tertiary alicyclic amines) is 1. The van der Waals surface area contributed by atoms with E-state index in [0.29, 0.717) is 6.54 Å². The number of aliphatic imine (C=N–C) groups is 1. The van der Waals surface area contributed by atoms with Gasteiger partial charge in [-0.3, -0.25) is 9.89 Å². The normalized spacial score (nSPS) is 15.5. The van der Waals surface area contributed by atoms with Crippen molar-refractivity contribution in [3.63, 3.8) is 0 Å². The van der Waals surface area contributed by atoms with E-state index in [1.165, 1.54) is 54.8 Å². The highest BCUT2D eigenvalue weighted by Gasteiger charge is 2.12. The molecule has 1 aromatic heterocycles. The number of guanidine groups is 1. The van der Waals surface area contributed by atoms with Crippen LogP contribution in [0.25, 0.3) is 0 Å². The van der Waals surface area contributed by atoms with Crippen LogP contribution < -0.4 is 10.6 Å². The standard InChI is InChI=1S/C22H33N5S.HI/c1-17-18(2)28-21(26-17)15-25-22(23-3)24-14-19-10-6-7-11-20(19)16-27-12-8-4-5-9-13-27;/h6-7,10-11H,4-5,8-9,12-16H2,1-3H3,(H2,23,24,25);1H. The van der Waals surface area contributed by atoms with Gasteiger partial charge in [-0.25, -0.2) is 4.98 Å². The molecule has 0 radical (unpaired) electrons. The molecule has 1 aliphatic heterocycles. The molecule has 2 heterocycles. The number of nitrogens with zero attached hydrogens (tertiary/aromatic N) is 3. The topological polar surface area (TPSA) is 52.6 Å². The van der Waals surface area contributed by atoms with Crippen LogP contribution in [-0.2, 0) is 19.6 Å². The first kappa shape index (κ1) is 24.1. The van der Waals surface area contributed by atoms with Crippen molar-refractivity contribution in [2.75, 3.05) is 20.1 Å². The van der Waals surface area contributed by atoms with E-state index in [1.54, 1.807) is 11.3 Å². The molecule has 29 heavy (non-hydrogen) atoms. The van der Waals surface area contributed by atoms with Crippen LogP contribution in [0.3, 0.4) is 0 Å². The van der Waals surface area contributed by atoms with Gasteiger partial charge in [0.1, 0.15) is 5.01 Å². The number of benzene rings is 1. The number of nitrogens with one attached hydrogen (secondary N) is 2. The van der Waals surface area contributed by atoms with E-state index >= 15 is 0 Å². The van der Waals surface area contributed by atoms with Crippen molar-refractivity contribution >= 4 is 41.3 Å². The fourth-order valence-corrected chi connectivity index (χ4v) is 4.47. The van der Waals surface area contributed by atoms with E-state index in [2.05, 4.69) is 63.6 Å². The summed E-state index contributed by atoms with van der Waals surface area (Å²) in [6.07, 6.45) is 5.40. The van der Waals surface area contributed by atoms with E-state index < -0.39 is 0 Å². The van der Waals surface area contributed by atoms with Gasteiger partial charge in [-0.05, 0) is 50.9 Å². The summed E-state index contributed by atoms with van der Waals surface area (Å²) in [6, 6.07) is 8.76. The number of aryl methyl sites for hydroxylation is 2. The molecule has 1 aromatic carbocycles. The first-order valence-electron chi connectivity index (χ1n) is 10.3. The van der Waals surface area contributed by atoms with Crippen LogP contribution >= 0.6 is 35.3 Å². The molecule has 1 saturated heterocycles. The second kappa shape index (κ2) is 12.5. The van der Waals surface area contributed by atoms with Crippen molar-refractivity contribution in [2.24, 2.45) is 4.99 Å². The number of thiazole rings is 1. The fourth-order valence-electron chi connectivity index (χ4n) is 3.59. The molecule has 1 fully saturated rings. The summed E-state index contributed by atoms with van der Waals surface area (Å²) in [5.74, 6) is 0.815. The fraction of sp³-hybridized carbons (Fsp3) is 0.545. The number of rotatable bonds is 6. The molecule has 0 spiro atoms. The van der Waals surface area contributed by atoms with Crippen molar-refractivity contribution in [2.45, 2.75) is 59.2 Å². The zero-order valence-electron chi connectivity index (χ0n) is 17.8. The van der Waals surface area contributed by atoms with Crippen LogP contribution in [-0.4, -0.2) is 36.0 Å². The third-order valence-electron chi connectivity index (χ3n) is 5.36. The summed E-state index contributed by atoms with van der Waals surface area (Å²) >= 11 is 1.74. The molecule has 3 rings (SSSR count). The lowest BCUT2D eigenvalue weighted by atomic mass is 10.1. The molecule has 0 bridgehead atoms. The highest BCUT2D eigenvalue weighted by Crippen LogP contribution is 2.17. The van der Waals surface area contributed by atoms with E-state index in [0.717, 1.165) is 29.8 Å². The maximum absolute atomic E-state index is 4.59. The Bertz CT molecular complexity index is 762. The van der Waals surface area contributed by atoms with Crippen molar-refractivity contribution < 1.29 is 0 Å². The van der Waals surface area contributed by atoms with Crippen LogP contribution in [0.1, 0.15) is 52.4 Å². The third-order valence-corrected chi connectivity index (χ3v) is 6.43. The first-order chi connectivity index (χ1) is 13.7. The SMILES string of the molecule is CN=C(NCc1nc(C)c(C)s1)NCc1ccccc1CN1CCCCCC1.I. The van der Waals surface area contributed by atoms with Gasteiger partial charge < -0.3 is 10.6 Å². The predicted octanol–water partition coefficient (Wildman–Crippen LogP) is 4.62. The highest BCUT2D eigenvalue weighted by atomic mass is 127. The maximum Gasteiger partial charge on any atom is 0.191 e. The van der Waals surface area contributed by atoms with Gasteiger partial charge >= 0.3 is 0 Å². The van der Waals surface area contributed by atoms with Crippen LogP contribution in [0.5, 0.6) is 0 Å². The average Bonchev–Trinajstić information content (AvgIpc) is 2.88. The van der Waals surface area contributed by atoms with E-state index in [9.17, 15) is 0 Å². The molecule has 5 nitrogen and oxygen atoms in total. The summed E-state index contributed by atoms with van der Waals surface area (Å²) in [6.45, 7) is 9.14. The molecular formula is C22H34IN5S. The summed E-state index contributed by atoms with van der Waals surface area (Å²) in [5, 5.41) is 7.94. The molecule has 7 heteroatoms. The van der Waals surface area contributed by atoms with Crippen molar-refractivity contribution in [3.8, 4) is 0 Å². The molecule has 0 atom stereocenters. The Balaban J connectivity index is 0.00000300. The minimum atomic E-state index is 0. The molecule has 0 unspecified atom stereocenters. The van der Waals surface area contributed by atoms with Crippen LogP contribution in [0.15, 0.2) is 29.3 Å². The average molecular weight is 528 g/mol. The minimum absolute atomic E-state index is 0. The van der Waals surface area contributed by atoms with Crippen molar-refractivity contribution in [1.29, 1.82) is 0 Å². The van der Waals surface area contributed by atoms with E-state index in [4.69, 9.17) is 0 Å².